The number of esters is 2. The molecule has 0 fully saturated rings. The van der Waals surface area contributed by atoms with E-state index in [9.17, 15) is 14.4 Å². The van der Waals surface area contributed by atoms with Gasteiger partial charge in [-0.3, -0.25) is 9.59 Å². The zero-order valence-electron chi connectivity index (χ0n) is 17.7. The summed E-state index contributed by atoms with van der Waals surface area (Å²) in [5.74, 6) is -0.185. The molecule has 0 N–H and O–H groups in total. The van der Waals surface area contributed by atoms with Crippen LogP contribution in [-0.4, -0.2) is 28.3 Å². The molecular formula is C23H17ClN2O7. The molecule has 3 aliphatic heterocycles. The van der Waals surface area contributed by atoms with Crippen LogP contribution in [0.15, 0.2) is 23.0 Å². The zero-order valence-corrected chi connectivity index (χ0v) is 18.4. The van der Waals surface area contributed by atoms with Crippen molar-refractivity contribution in [3.63, 3.8) is 0 Å². The second-order valence-corrected chi connectivity index (χ2v) is 8.51. The van der Waals surface area contributed by atoms with E-state index in [1.807, 2.05) is 0 Å². The average molecular weight is 469 g/mol. The molecule has 10 heteroatoms. The van der Waals surface area contributed by atoms with E-state index in [2.05, 4.69) is 0 Å². The molecule has 3 aliphatic rings. The molecule has 0 spiro atoms. The Morgan fingerprint density at radius 3 is 2.82 bits per heavy atom. The predicted molar refractivity (Wildman–Crippen MR) is 115 cm³/mol. The Labute approximate surface area is 191 Å². The molecule has 0 amide bonds. The summed E-state index contributed by atoms with van der Waals surface area (Å²) < 4.78 is 23.7. The fraction of sp³-hybridized carbons (Fsp3) is 0.304. The maximum absolute atomic E-state index is 13.5. The summed E-state index contributed by atoms with van der Waals surface area (Å²) >= 11 is 6.44. The standard InChI is InChI=1S/C23H17ClN2O7/c1-3-23(33-10(2)27)13-6-15-18-11(7-26(15)21(28)12(13)8-30-22(23)29)20-17-16(31-9-32-20)5-4-14(24)19(17)25-18/h4-6H,3,7-9H2,1-2H3/t23-/m0/s1. The summed E-state index contributed by atoms with van der Waals surface area (Å²) in [4.78, 5) is 43.0. The van der Waals surface area contributed by atoms with E-state index in [0.717, 1.165) is 5.56 Å². The average Bonchev–Trinajstić information content (AvgIpc) is 3.17. The molecular weight excluding hydrogens is 452 g/mol. The van der Waals surface area contributed by atoms with Gasteiger partial charge in [0.15, 0.2) is 0 Å². The number of rotatable bonds is 2. The highest BCUT2D eigenvalue weighted by Gasteiger charge is 2.50. The second kappa shape index (κ2) is 6.71. The van der Waals surface area contributed by atoms with Crippen LogP contribution in [0.4, 0.5) is 0 Å². The van der Waals surface area contributed by atoms with Crippen LogP contribution >= 0.6 is 11.6 Å². The minimum absolute atomic E-state index is 0.0235. The van der Waals surface area contributed by atoms with Gasteiger partial charge in [-0.15, -0.1) is 0 Å². The highest BCUT2D eigenvalue weighted by molar-refractivity contribution is 6.35. The van der Waals surface area contributed by atoms with Gasteiger partial charge >= 0.3 is 11.9 Å². The van der Waals surface area contributed by atoms with Gasteiger partial charge < -0.3 is 23.5 Å². The summed E-state index contributed by atoms with van der Waals surface area (Å²) in [5.41, 5.74) is 0.770. The topological polar surface area (TPSA) is 106 Å². The fourth-order valence-corrected chi connectivity index (χ4v) is 5.12. The van der Waals surface area contributed by atoms with Crippen molar-refractivity contribution in [1.29, 1.82) is 0 Å². The number of nitrogens with zero attached hydrogens (tertiary/aromatic N) is 2. The number of carbonyl (C=O) groups is 2. The molecule has 0 unspecified atom stereocenters. The van der Waals surface area contributed by atoms with Crippen molar-refractivity contribution in [1.82, 2.24) is 9.55 Å². The lowest BCUT2D eigenvalue weighted by atomic mass is 9.85. The molecule has 168 valence electrons. The number of pyridine rings is 2. The van der Waals surface area contributed by atoms with Crippen LogP contribution < -0.4 is 15.0 Å². The molecule has 0 saturated heterocycles. The van der Waals surface area contributed by atoms with Crippen LogP contribution in [0.2, 0.25) is 5.02 Å². The Hall–Kier alpha value is -3.59. The number of hydrogen-bond acceptors (Lipinski definition) is 8. The van der Waals surface area contributed by atoms with Gasteiger partial charge in [0.25, 0.3) is 5.56 Å². The van der Waals surface area contributed by atoms with Crippen molar-refractivity contribution in [2.75, 3.05) is 6.79 Å². The molecule has 1 atom stereocenters. The highest BCUT2D eigenvalue weighted by Crippen LogP contribution is 2.48. The number of cyclic esters (lactones) is 1. The summed E-state index contributed by atoms with van der Waals surface area (Å²) in [6.07, 6.45) is 0.111. The van der Waals surface area contributed by atoms with E-state index in [0.29, 0.717) is 44.4 Å². The number of aromatic nitrogens is 2. The number of hydrogen-bond donors (Lipinski definition) is 0. The van der Waals surface area contributed by atoms with Crippen molar-refractivity contribution >= 4 is 34.4 Å². The van der Waals surface area contributed by atoms with Crippen LogP contribution in [0.1, 0.15) is 37.0 Å². The Kier molecular flexibility index (Phi) is 4.08. The Morgan fingerprint density at radius 1 is 1.24 bits per heavy atom. The predicted octanol–water partition coefficient (Wildman–Crippen LogP) is 3.03. The highest BCUT2D eigenvalue weighted by atomic mass is 35.5. The molecule has 5 heterocycles. The normalized spacial score (nSPS) is 19.7. The summed E-state index contributed by atoms with van der Waals surface area (Å²) in [6, 6.07) is 5.15. The quantitative estimate of drug-likeness (QED) is 0.413. The van der Waals surface area contributed by atoms with Gasteiger partial charge in [-0.1, -0.05) is 18.5 Å². The molecule has 2 aromatic heterocycles. The van der Waals surface area contributed by atoms with E-state index in [1.54, 1.807) is 29.7 Å². The lowest BCUT2D eigenvalue weighted by Crippen LogP contribution is -2.47. The first kappa shape index (κ1) is 20.0. The van der Waals surface area contributed by atoms with E-state index in [4.69, 9.17) is 35.5 Å². The van der Waals surface area contributed by atoms with Crippen LogP contribution in [0.3, 0.4) is 0 Å². The lowest BCUT2D eigenvalue weighted by molar-refractivity contribution is -0.188. The van der Waals surface area contributed by atoms with Crippen LogP contribution in [0, 0.1) is 0 Å². The van der Waals surface area contributed by atoms with Gasteiger partial charge in [-0.2, -0.15) is 0 Å². The van der Waals surface area contributed by atoms with Crippen LogP contribution in [0.25, 0.3) is 22.3 Å². The Bertz CT molecular complexity index is 1480. The molecule has 1 aromatic carbocycles. The maximum atomic E-state index is 13.5. The molecule has 0 aliphatic carbocycles. The Morgan fingerprint density at radius 2 is 2.06 bits per heavy atom. The number of ether oxygens (including phenoxy) is 4. The Balaban J connectivity index is 1.67. The molecule has 33 heavy (non-hydrogen) atoms. The van der Waals surface area contributed by atoms with E-state index in [1.165, 1.54) is 6.92 Å². The second-order valence-electron chi connectivity index (χ2n) is 8.11. The smallest absolute Gasteiger partial charge is 0.355 e. The van der Waals surface area contributed by atoms with Gasteiger partial charge in [0.05, 0.1) is 39.4 Å². The fourth-order valence-electron chi connectivity index (χ4n) is 4.92. The third-order valence-electron chi connectivity index (χ3n) is 6.41. The summed E-state index contributed by atoms with van der Waals surface area (Å²) in [5, 5.41) is 1.07. The van der Waals surface area contributed by atoms with Crippen molar-refractivity contribution in [3.05, 3.63) is 50.3 Å². The number of halogens is 1. The van der Waals surface area contributed by atoms with E-state index >= 15 is 0 Å². The van der Waals surface area contributed by atoms with Crippen molar-refractivity contribution in [2.24, 2.45) is 0 Å². The lowest BCUT2D eigenvalue weighted by Gasteiger charge is -2.35. The summed E-state index contributed by atoms with van der Waals surface area (Å²) in [7, 11) is 0. The number of fused-ring (bicyclic) bond motifs is 5. The number of carbonyl (C=O) groups excluding carboxylic acids is 2. The SMILES string of the molecule is CC[C@@]1(OC(C)=O)C(=O)OCc2c1cc1n(c2=O)Cc2c-1nc1c(Cl)ccc3c1c2OCO3. The minimum Gasteiger partial charge on any atom is -0.457 e. The molecule has 0 bridgehead atoms. The number of benzene rings is 1. The monoisotopic (exact) mass is 468 g/mol. The molecule has 3 aromatic rings. The van der Waals surface area contributed by atoms with Crippen molar-refractivity contribution in [3.8, 4) is 22.9 Å². The largest absolute Gasteiger partial charge is 0.457 e. The molecule has 0 radical (unpaired) electrons. The third-order valence-corrected chi connectivity index (χ3v) is 6.71. The van der Waals surface area contributed by atoms with Crippen LogP contribution in [-0.2, 0) is 37.8 Å². The van der Waals surface area contributed by atoms with E-state index < -0.39 is 17.5 Å². The first-order valence-corrected chi connectivity index (χ1v) is 10.8. The maximum Gasteiger partial charge on any atom is 0.355 e. The van der Waals surface area contributed by atoms with Gasteiger partial charge in [-0.25, -0.2) is 9.78 Å². The molecule has 6 rings (SSSR count). The minimum atomic E-state index is -1.70. The van der Waals surface area contributed by atoms with Gasteiger partial charge in [0, 0.05) is 18.1 Å². The summed E-state index contributed by atoms with van der Waals surface area (Å²) in [6.45, 7) is 2.96. The van der Waals surface area contributed by atoms with Crippen molar-refractivity contribution < 1.29 is 28.5 Å². The molecule has 9 nitrogen and oxygen atoms in total. The van der Waals surface area contributed by atoms with Gasteiger partial charge in [0.2, 0.25) is 12.4 Å². The molecule has 0 saturated carbocycles. The van der Waals surface area contributed by atoms with Gasteiger partial charge in [0.1, 0.15) is 18.1 Å². The first-order chi connectivity index (χ1) is 15.9. The van der Waals surface area contributed by atoms with Gasteiger partial charge in [-0.05, 0) is 24.6 Å². The van der Waals surface area contributed by atoms with Crippen molar-refractivity contribution in [2.45, 2.75) is 39.0 Å². The van der Waals surface area contributed by atoms with Crippen LogP contribution in [0.5, 0.6) is 11.5 Å². The zero-order chi connectivity index (χ0) is 23.1. The third kappa shape index (κ3) is 2.54. The first-order valence-electron chi connectivity index (χ1n) is 10.4. The van der Waals surface area contributed by atoms with E-state index in [-0.39, 0.29) is 37.5 Å².